The maximum Gasteiger partial charge on any atom is 0.150 e. The molecular formula is C6H9N3. The van der Waals surface area contributed by atoms with E-state index in [2.05, 4.69) is 10.1 Å². The lowest BCUT2D eigenvalue weighted by molar-refractivity contribution is 0.756. The third-order valence-electron chi connectivity index (χ3n) is 1.06. The van der Waals surface area contributed by atoms with Crippen molar-refractivity contribution in [1.29, 1.82) is 0 Å². The van der Waals surface area contributed by atoms with E-state index in [1.54, 1.807) is 4.68 Å². The molecular weight excluding hydrogens is 114 g/mol. The highest BCUT2D eigenvalue weighted by atomic mass is 15.3. The van der Waals surface area contributed by atoms with Crippen molar-refractivity contribution in [3.8, 4) is 0 Å². The number of hydrogen-bond donors (Lipinski definition) is 0. The molecule has 0 unspecified atom stereocenters. The van der Waals surface area contributed by atoms with Crippen molar-refractivity contribution in [3.05, 3.63) is 18.2 Å². The summed E-state index contributed by atoms with van der Waals surface area (Å²) in [6, 6.07) is 0. The normalized spacial score (nSPS) is 10.9. The van der Waals surface area contributed by atoms with Gasteiger partial charge >= 0.3 is 0 Å². The van der Waals surface area contributed by atoms with Crippen LogP contribution in [-0.4, -0.2) is 14.8 Å². The highest BCUT2D eigenvalue weighted by Gasteiger charge is 1.90. The van der Waals surface area contributed by atoms with E-state index in [0.29, 0.717) is 0 Å². The van der Waals surface area contributed by atoms with Gasteiger partial charge in [-0.3, -0.25) is 0 Å². The maximum atomic E-state index is 3.97. The number of aromatic nitrogens is 3. The van der Waals surface area contributed by atoms with E-state index in [-0.39, 0.29) is 0 Å². The molecule has 0 bridgehead atoms. The molecule has 0 aliphatic carbocycles. The molecule has 1 rings (SSSR count). The smallest absolute Gasteiger partial charge is 0.150 e. The van der Waals surface area contributed by atoms with Gasteiger partial charge < -0.3 is 0 Å². The zero-order valence-electron chi connectivity index (χ0n) is 5.57. The molecule has 0 amide bonds. The van der Waals surface area contributed by atoms with Crippen molar-refractivity contribution in [2.75, 3.05) is 0 Å². The van der Waals surface area contributed by atoms with Crippen molar-refractivity contribution < 1.29 is 0 Å². The van der Waals surface area contributed by atoms with Crippen molar-refractivity contribution in [1.82, 2.24) is 14.8 Å². The first-order chi connectivity index (χ1) is 4.34. The zero-order valence-corrected chi connectivity index (χ0v) is 5.57. The summed E-state index contributed by atoms with van der Waals surface area (Å²) in [6.07, 6.45) is 5.38. The Morgan fingerprint density at radius 1 is 1.67 bits per heavy atom. The molecule has 3 heteroatoms. The molecule has 1 heterocycles. The second kappa shape index (κ2) is 2.44. The van der Waals surface area contributed by atoms with Crippen molar-refractivity contribution in [2.45, 2.75) is 6.92 Å². The third-order valence-corrected chi connectivity index (χ3v) is 1.06. The van der Waals surface area contributed by atoms with E-state index in [4.69, 9.17) is 0 Å². The minimum absolute atomic E-state index is 0.887. The molecule has 0 aliphatic rings. The molecule has 0 aromatic carbocycles. The molecule has 0 saturated heterocycles. The van der Waals surface area contributed by atoms with Gasteiger partial charge in [-0.05, 0) is 13.0 Å². The molecule has 0 aliphatic heterocycles. The van der Waals surface area contributed by atoms with Crippen LogP contribution < -0.4 is 0 Å². The quantitative estimate of drug-likeness (QED) is 0.554. The highest BCUT2D eigenvalue weighted by Crippen LogP contribution is 1.91. The molecule has 9 heavy (non-hydrogen) atoms. The summed E-state index contributed by atoms with van der Waals surface area (Å²) in [5.41, 5.74) is 0. The van der Waals surface area contributed by atoms with Crippen LogP contribution >= 0.6 is 0 Å². The summed E-state index contributed by atoms with van der Waals surface area (Å²) in [4.78, 5) is 3.97. The molecule has 0 atom stereocenters. The Hall–Kier alpha value is -1.12. The van der Waals surface area contributed by atoms with Crippen LogP contribution in [0, 0.1) is 0 Å². The Morgan fingerprint density at radius 2 is 2.44 bits per heavy atom. The van der Waals surface area contributed by atoms with E-state index in [9.17, 15) is 0 Å². The summed E-state index contributed by atoms with van der Waals surface area (Å²) < 4.78 is 1.72. The third kappa shape index (κ3) is 1.16. The Labute approximate surface area is 54.0 Å². The summed E-state index contributed by atoms with van der Waals surface area (Å²) in [6.45, 7) is 1.95. The summed E-state index contributed by atoms with van der Waals surface area (Å²) in [5, 5.41) is 3.89. The fraction of sp³-hybridized carbons (Fsp3) is 0.333. The Kier molecular flexibility index (Phi) is 1.63. The lowest BCUT2D eigenvalue weighted by atomic mass is 10.5. The predicted octanol–water partition coefficient (Wildman–Crippen LogP) is 0.848. The highest BCUT2D eigenvalue weighted by molar-refractivity contribution is 5.38. The topological polar surface area (TPSA) is 30.7 Å². The van der Waals surface area contributed by atoms with Crippen LogP contribution in [0.3, 0.4) is 0 Å². The predicted molar refractivity (Wildman–Crippen MR) is 35.7 cm³/mol. The van der Waals surface area contributed by atoms with Crippen LogP contribution in [-0.2, 0) is 7.05 Å². The first kappa shape index (κ1) is 6.01. The lowest BCUT2D eigenvalue weighted by Crippen LogP contribution is -1.92. The molecule has 3 nitrogen and oxygen atoms in total. The van der Waals surface area contributed by atoms with Crippen LogP contribution in [0.25, 0.3) is 6.08 Å². The molecule has 48 valence electrons. The molecule has 0 fully saturated rings. The van der Waals surface area contributed by atoms with E-state index in [1.165, 1.54) is 6.33 Å². The molecule has 0 N–H and O–H groups in total. The van der Waals surface area contributed by atoms with Crippen molar-refractivity contribution >= 4 is 6.08 Å². The molecule has 1 aromatic heterocycles. The first-order valence-corrected chi connectivity index (χ1v) is 2.81. The van der Waals surface area contributed by atoms with E-state index in [1.807, 2.05) is 26.1 Å². The van der Waals surface area contributed by atoms with Gasteiger partial charge in [0.1, 0.15) is 12.2 Å². The largest absolute Gasteiger partial charge is 0.249 e. The average molecular weight is 123 g/mol. The van der Waals surface area contributed by atoms with Gasteiger partial charge in [-0.1, -0.05) is 6.08 Å². The van der Waals surface area contributed by atoms with Crippen LogP contribution in [0.15, 0.2) is 12.4 Å². The zero-order chi connectivity index (χ0) is 6.69. The van der Waals surface area contributed by atoms with Crippen LogP contribution in [0.2, 0.25) is 0 Å². The van der Waals surface area contributed by atoms with E-state index >= 15 is 0 Å². The molecule has 0 saturated carbocycles. The van der Waals surface area contributed by atoms with Crippen LogP contribution in [0.5, 0.6) is 0 Å². The van der Waals surface area contributed by atoms with Crippen LogP contribution in [0.1, 0.15) is 12.7 Å². The van der Waals surface area contributed by atoms with Gasteiger partial charge in [0, 0.05) is 7.05 Å². The molecule has 0 radical (unpaired) electrons. The van der Waals surface area contributed by atoms with Crippen LogP contribution in [0.4, 0.5) is 0 Å². The fourth-order valence-electron chi connectivity index (χ4n) is 0.605. The monoisotopic (exact) mass is 123 g/mol. The standard InChI is InChI=1S/C6H9N3/c1-3-4-6-7-5-8-9(6)2/h3-5H,1-2H3/b4-3-. The van der Waals surface area contributed by atoms with Gasteiger partial charge in [0.15, 0.2) is 0 Å². The minimum Gasteiger partial charge on any atom is -0.249 e. The molecule has 0 spiro atoms. The summed E-state index contributed by atoms with van der Waals surface area (Å²) in [7, 11) is 1.86. The average Bonchev–Trinajstić information content (AvgIpc) is 2.18. The van der Waals surface area contributed by atoms with Crippen molar-refractivity contribution in [2.24, 2.45) is 7.05 Å². The van der Waals surface area contributed by atoms with Gasteiger partial charge in [-0.2, -0.15) is 5.10 Å². The van der Waals surface area contributed by atoms with Gasteiger partial charge in [0.25, 0.3) is 0 Å². The van der Waals surface area contributed by atoms with Gasteiger partial charge in [-0.15, -0.1) is 0 Å². The SMILES string of the molecule is C/C=C\c1ncnn1C. The Morgan fingerprint density at radius 3 is 2.89 bits per heavy atom. The lowest BCUT2D eigenvalue weighted by Gasteiger charge is -1.87. The summed E-state index contributed by atoms with van der Waals surface area (Å²) >= 11 is 0. The number of nitrogens with zero attached hydrogens (tertiary/aromatic N) is 3. The summed E-state index contributed by atoms with van der Waals surface area (Å²) in [5.74, 6) is 0.887. The number of aryl methyl sites for hydroxylation is 1. The van der Waals surface area contributed by atoms with Gasteiger partial charge in [-0.25, -0.2) is 9.67 Å². The minimum atomic E-state index is 0.887. The number of allylic oxidation sites excluding steroid dienone is 1. The van der Waals surface area contributed by atoms with Gasteiger partial charge in [0.05, 0.1) is 0 Å². The number of rotatable bonds is 1. The second-order valence-electron chi connectivity index (χ2n) is 1.74. The first-order valence-electron chi connectivity index (χ1n) is 2.81. The Balaban J connectivity index is 2.94. The maximum absolute atomic E-state index is 3.97. The Bertz CT molecular complexity index is 212. The fourth-order valence-corrected chi connectivity index (χ4v) is 0.605. The second-order valence-corrected chi connectivity index (χ2v) is 1.74. The number of hydrogen-bond acceptors (Lipinski definition) is 2. The van der Waals surface area contributed by atoms with Gasteiger partial charge in [0.2, 0.25) is 0 Å². The van der Waals surface area contributed by atoms with Crippen molar-refractivity contribution in [3.63, 3.8) is 0 Å². The van der Waals surface area contributed by atoms with E-state index < -0.39 is 0 Å². The van der Waals surface area contributed by atoms with E-state index in [0.717, 1.165) is 5.82 Å². The molecule has 1 aromatic rings.